The summed E-state index contributed by atoms with van der Waals surface area (Å²) in [5, 5.41) is 0. The summed E-state index contributed by atoms with van der Waals surface area (Å²) in [5.41, 5.74) is 0.590. The molecule has 142 valence electrons. The number of aromatic nitrogens is 3. The third-order valence-electron chi connectivity index (χ3n) is 4.71. The summed E-state index contributed by atoms with van der Waals surface area (Å²) in [7, 11) is 0. The first kappa shape index (κ1) is 17.7. The maximum Gasteiger partial charge on any atom is 0.254 e. The van der Waals surface area contributed by atoms with Crippen molar-refractivity contribution in [1.82, 2.24) is 19.9 Å². The molecule has 0 aromatic carbocycles. The van der Waals surface area contributed by atoms with Gasteiger partial charge in [0.1, 0.15) is 12.2 Å². The Morgan fingerprint density at radius 2 is 1.85 bits per heavy atom. The largest absolute Gasteiger partial charge is 0.473 e. The topological polar surface area (TPSA) is 86.7 Å². The smallest absolute Gasteiger partial charge is 0.254 e. The van der Waals surface area contributed by atoms with Crippen molar-refractivity contribution in [1.29, 1.82) is 0 Å². The summed E-state index contributed by atoms with van der Waals surface area (Å²) in [6, 6.07) is 3.44. The number of piperidine rings is 1. The normalized spacial score (nSPS) is 20.4. The van der Waals surface area contributed by atoms with Gasteiger partial charge in [-0.05, 0) is 6.07 Å². The highest BCUT2D eigenvalue weighted by molar-refractivity contribution is 5.94. The molecule has 4 rings (SSSR count). The second-order valence-electron chi connectivity index (χ2n) is 6.64. The van der Waals surface area contributed by atoms with Gasteiger partial charge in [0.05, 0.1) is 19.4 Å². The van der Waals surface area contributed by atoms with Gasteiger partial charge in [0, 0.05) is 62.6 Å². The monoisotopic (exact) mass is 370 g/mol. The van der Waals surface area contributed by atoms with Crippen LogP contribution in [0.3, 0.4) is 0 Å². The van der Waals surface area contributed by atoms with Gasteiger partial charge in [0.15, 0.2) is 0 Å². The first-order valence-electron chi connectivity index (χ1n) is 9.20. The lowest BCUT2D eigenvalue weighted by Crippen LogP contribution is -2.41. The Bertz CT molecular complexity index is 759. The highest BCUT2D eigenvalue weighted by Crippen LogP contribution is 2.20. The Morgan fingerprint density at radius 1 is 1.04 bits per heavy atom. The first-order valence-corrected chi connectivity index (χ1v) is 9.20. The van der Waals surface area contributed by atoms with Gasteiger partial charge in [0.25, 0.3) is 5.91 Å². The van der Waals surface area contributed by atoms with E-state index in [1.165, 1.54) is 0 Å². The van der Waals surface area contributed by atoms with Crippen LogP contribution < -0.4 is 9.47 Å². The van der Waals surface area contributed by atoms with Crippen molar-refractivity contribution in [2.45, 2.75) is 31.5 Å². The summed E-state index contributed by atoms with van der Waals surface area (Å²) < 4.78 is 16.9. The SMILES string of the molecule is O=C(c1ccnc(O[C@@H]2CCOC2)c1)N1CCC(Oc2cnccn2)CC1. The maximum absolute atomic E-state index is 12.8. The number of carbonyl (C=O) groups is 1. The fraction of sp³-hybridized carbons (Fsp3) is 0.474. The number of nitrogens with zero attached hydrogens (tertiary/aromatic N) is 4. The number of pyridine rings is 1. The van der Waals surface area contributed by atoms with Crippen molar-refractivity contribution in [2.24, 2.45) is 0 Å². The minimum atomic E-state index is -0.0112. The van der Waals surface area contributed by atoms with Gasteiger partial charge in [0.2, 0.25) is 11.8 Å². The quantitative estimate of drug-likeness (QED) is 0.792. The Labute approximate surface area is 157 Å². The van der Waals surface area contributed by atoms with E-state index < -0.39 is 0 Å². The number of likely N-dealkylation sites (tertiary alicyclic amines) is 1. The average Bonchev–Trinajstić information content (AvgIpc) is 3.22. The lowest BCUT2D eigenvalue weighted by molar-refractivity contribution is 0.0586. The Morgan fingerprint density at radius 3 is 2.59 bits per heavy atom. The lowest BCUT2D eigenvalue weighted by Gasteiger charge is -2.32. The number of carbonyl (C=O) groups excluding carboxylic acids is 1. The number of ether oxygens (including phenoxy) is 3. The zero-order valence-electron chi connectivity index (χ0n) is 15.0. The van der Waals surface area contributed by atoms with Crippen molar-refractivity contribution < 1.29 is 19.0 Å². The summed E-state index contributed by atoms with van der Waals surface area (Å²) in [4.78, 5) is 27.0. The second kappa shape index (κ2) is 8.30. The molecule has 0 saturated carbocycles. The first-order chi connectivity index (χ1) is 13.3. The zero-order chi connectivity index (χ0) is 18.5. The lowest BCUT2D eigenvalue weighted by atomic mass is 10.1. The molecule has 0 spiro atoms. The van der Waals surface area contributed by atoms with Crippen LogP contribution >= 0.6 is 0 Å². The molecule has 8 nitrogen and oxygen atoms in total. The minimum Gasteiger partial charge on any atom is -0.473 e. The molecule has 1 atom stereocenters. The van der Waals surface area contributed by atoms with Crippen molar-refractivity contribution in [3.63, 3.8) is 0 Å². The summed E-state index contributed by atoms with van der Waals surface area (Å²) in [5.74, 6) is 0.981. The molecule has 2 aromatic heterocycles. The highest BCUT2D eigenvalue weighted by Gasteiger charge is 2.26. The minimum absolute atomic E-state index is 0.0110. The number of amides is 1. The molecule has 0 unspecified atom stereocenters. The van der Waals surface area contributed by atoms with E-state index in [1.54, 1.807) is 36.9 Å². The van der Waals surface area contributed by atoms with E-state index in [4.69, 9.17) is 14.2 Å². The van der Waals surface area contributed by atoms with Crippen LogP contribution in [0, 0.1) is 0 Å². The molecule has 8 heteroatoms. The molecule has 2 aliphatic rings. The van der Waals surface area contributed by atoms with Crippen molar-refractivity contribution >= 4 is 5.91 Å². The molecule has 1 amide bonds. The molecule has 2 saturated heterocycles. The van der Waals surface area contributed by atoms with Crippen molar-refractivity contribution in [3.8, 4) is 11.8 Å². The third kappa shape index (κ3) is 4.51. The fourth-order valence-electron chi connectivity index (χ4n) is 3.26. The van der Waals surface area contributed by atoms with E-state index in [2.05, 4.69) is 15.0 Å². The zero-order valence-corrected chi connectivity index (χ0v) is 15.0. The van der Waals surface area contributed by atoms with Crippen LogP contribution in [0.2, 0.25) is 0 Å². The third-order valence-corrected chi connectivity index (χ3v) is 4.71. The maximum atomic E-state index is 12.8. The highest BCUT2D eigenvalue weighted by atomic mass is 16.5. The molecular formula is C19H22N4O4. The van der Waals surface area contributed by atoms with Gasteiger partial charge in [-0.3, -0.25) is 9.78 Å². The van der Waals surface area contributed by atoms with Crippen LogP contribution in [0.4, 0.5) is 0 Å². The van der Waals surface area contributed by atoms with E-state index in [0.717, 1.165) is 19.3 Å². The van der Waals surface area contributed by atoms with E-state index >= 15 is 0 Å². The van der Waals surface area contributed by atoms with E-state index in [-0.39, 0.29) is 18.1 Å². The van der Waals surface area contributed by atoms with Crippen LogP contribution in [0.5, 0.6) is 11.8 Å². The summed E-state index contributed by atoms with van der Waals surface area (Å²) >= 11 is 0. The molecule has 27 heavy (non-hydrogen) atoms. The summed E-state index contributed by atoms with van der Waals surface area (Å²) in [6.07, 6.45) is 8.86. The number of rotatable bonds is 5. The van der Waals surface area contributed by atoms with Gasteiger partial charge in [-0.1, -0.05) is 0 Å². The van der Waals surface area contributed by atoms with Gasteiger partial charge in [-0.25, -0.2) is 9.97 Å². The Balaban J connectivity index is 1.32. The Kier molecular flexibility index (Phi) is 5.43. The van der Waals surface area contributed by atoms with Crippen LogP contribution in [-0.4, -0.2) is 64.3 Å². The number of hydrogen-bond donors (Lipinski definition) is 0. The van der Waals surface area contributed by atoms with Crippen molar-refractivity contribution in [2.75, 3.05) is 26.3 Å². The van der Waals surface area contributed by atoms with Crippen LogP contribution in [0.25, 0.3) is 0 Å². The average molecular weight is 370 g/mol. The molecule has 0 N–H and O–H groups in total. The van der Waals surface area contributed by atoms with Crippen molar-refractivity contribution in [3.05, 3.63) is 42.5 Å². The molecule has 2 aromatic rings. The second-order valence-corrected chi connectivity index (χ2v) is 6.64. The fourth-order valence-corrected chi connectivity index (χ4v) is 3.26. The van der Waals surface area contributed by atoms with Crippen LogP contribution in [-0.2, 0) is 4.74 Å². The van der Waals surface area contributed by atoms with Gasteiger partial charge < -0.3 is 19.1 Å². The standard InChI is InChI=1S/C19H22N4O4/c24-19(14-1-5-21-17(11-14)27-16-4-10-25-13-16)23-8-2-15(3-9-23)26-18-12-20-6-7-22-18/h1,5-7,11-12,15-16H,2-4,8-10,13H2/t16-/m1/s1. The van der Waals surface area contributed by atoms with E-state index in [9.17, 15) is 4.79 Å². The van der Waals surface area contributed by atoms with E-state index in [0.29, 0.717) is 43.6 Å². The number of hydrogen-bond acceptors (Lipinski definition) is 7. The molecule has 0 aliphatic carbocycles. The molecule has 2 fully saturated rings. The molecule has 0 bridgehead atoms. The predicted octanol–water partition coefficient (Wildman–Crippen LogP) is 1.72. The van der Waals surface area contributed by atoms with Crippen LogP contribution in [0.1, 0.15) is 29.6 Å². The van der Waals surface area contributed by atoms with Gasteiger partial charge in [-0.2, -0.15) is 0 Å². The van der Waals surface area contributed by atoms with Gasteiger partial charge in [-0.15, -0.1) is 0 Å². The van der Waals surface area contributed by atoms with Crippen LogP contribution in [0.15, 0.2) is 36.9 Å². The van der Waals surface area contributed by atoms with Gasteiger partial charge >= 0.3 is 0 Å². The van der Waals surface area contributed by atoms with E-state index in [1.807, 2.05) is 4.90 Å². The molecule has 4 heterocycles. The molecule has 2 aliphatic heterocycles. The molecule has 0 radical (unpaired) electrons. The molecular weight excluding hydrogens is 348 g/mol. The summed E-state index contributed by atoms with van der Waals surface area (Å²) in [6.45, 7) is 2.55. The predicted molar refractivity (Wildman–Crippen MR) is 95.7 cm³/mol. The Hall–Kier alpha value is -2.74.